The number of hydrogen-bond donors (Lipinski definition) is 1. The fourth-order valence-electron chi connectivity index (χ4n) is 4.41. The number of nitrogens with zero attached hydrogens (tertiary/aromatic N) is 2. The van der Waals surface area contributed by atoms with Gasteiger partial charge in [0.15, 0.2) is 6.29 Å². The number of benzene rings is 2. The van der Waals surface area contributed by atoms with Crippen LogP contribution in [0.5, 0.6) is 0 Å². The molecule has 0 spiro atoms. The summed E-state index contributed by atoms with van der Waals surface area (Å²) in [7, 11) is 0. The fourth-order valence-corrected chi connectivity index (χ4v) is 4.85. The van der Waals surface area contributed by atoms with Crippen LogP contribution in [0.4, 0.5) is 26.3 Å². The monoisotopic (exact) mass is 646 g/mol. The van der Waals surface area contributed by atoms with E-state index in [9.17, 15) is 45.8 Å². The van der Waals surface area contributed by atoms with Crippen LogP contribution in [0.25, 0.3) is 22.5 Å². The molecule has 4 rings (SSSR count). The third kappa shape index (κ3) is 6.71. The first-order chi connectivity index (χ1) is 20.2. The van der Waals surface area contributed by atoms with Crippen LogP contribution in [0.1, 0.15) is 42.8 Å². The van der Waals surface area contributed by atoms with Crippen LogP contribution in [0.3, 0.4) is 0 Å². The molecule has 0 amide bonds. The number of aromatic nitrogens is 2. The van der Waals surface area contributed by atoms with Crippen LogP contribution in [-0.4, -0.2) is 20.5 Å². The van der Waals surface area contributed by atoms with E-state index in [1.54, 1.807) is 13.8 Å². The van der Waals surface area contributed by atoms with Gasteiger partial charge in [0.25, 0.3) is 11.1 Å². The van der Waals surface area contributed by atoms with Crippen LogP contribution >= 0.6 is 23.2 Å². The van der Waals surface area contributed by atoms with E-state index in [1.165, 1.54) is 6.92 Å². The lowest BCUT2D eigenvalue weighted by Gasteiger charge is -2.19. The van der Waals surface area contributed by atoms with Crippen LogP contribution in [0.2, 0.25) is 10.0 Å². The van der Waals surface area contributed by atoms with E-state index < -0.39 is 63.3 Å². The molecule has 14 heteroatoms. The minimum absolute atomic E-state index is 0.0336. The Bertz CT molecular complexity index is 1790. The lowest BCUT2D eigenvalue weighted by molar-refractivity contribution is 0.112. The lowest BCUT2D eigenvalue weighted by atomic mass is 10.0. The second-order valence-electron chi connectivity index (χ2n) is 8.97. The van der Waals surface area contributed by atoms with Crippen molar-refractivity contribution in [3.05, 3.63) is 113 Å². The largest absolute Gasteiger partial charge is 0.389 e. The molecule has 1 unspecified atom stereocenters. The van der Waals surface area contributed by atoms with Gasteiger partial charge in [-0.15, -0.1) is 0 Å². The average Bonchev–Trinajstić information content (AvgIpc) is 2.91. The van der Waals surface area contributed by atoms with Gasteiger partial charge in [0.05, 0.1) is 28.6 Å². The van der Waals surface area contributed by atoms with Crippen LogP contribution in [0, 0.1) is 34.9 Å². The maximum Gasteiger partial charge on any atom is 0.269 e. The smallest absolute Gasteiger partial charge is 0.269 e. The van der Waals surface area contributed by atoms with Gasteiger partial charge in [-0.25, -0.2) is 26.3 Å². The van der Waals surface area contributed by atoms with Crippen molar-refractivity contribution in [1.82, 2.24) is 9.13 Å². The predicted molar refractivity (Wildman–Crippen MR) is 149 cm³/mol. The molecule has 43 heavy (non-hydrogen) atoms. The summed E-state index contributed by atoms with van der Waals surface area (Å²) in [5.74, 6) is -6.91. The molecular formula is C29H22Cl2F6N2O4. The minimum Gasteiger partial charge on any atom is -0.389 e. The molecule has 2 heterocycles. The summed E-state index contributed by atoms with van der Waals surface area (Å²) < 4.78 is 84.1. The number of pyridine rings is 2. The summed E-state index contributed by atoms with van der Waals surface area (Å²) in [6.45, 7) is 4.62. The number of rotatable bonds is 6. The molecular weight excluding hydrogens is 625 g/mol. The Morgan fingerprint density at radius 2 is 1.09 bits per heavy atom. The first kappa shape index (κ1) is 33.6. The Balaban J connectivity index is 0.000000236. The van der Waals surface area contributed by atoms with E-state index in [2.05, 4.69) is 0 Å². The van der Waals surface area contributed by atoms with Gasteiger partial charge >= 0.3 is 0 Å². The number of carbonyl (C=O) groups excluding carboxylic acids is 1. The molecule has 6 nitrogen and oxygen atoms in total. The van der Waals surface area contributed by atoms with E-state index in [-0.39, 0.29) is 45.6 Å². The Hall–Kier alpha value is -3.87. The second-order valence-corrected chi connectivity index (χ2v) is 9.79. The lowest BCUT2D eigenvalue weighted by Crippen LogP contribution is -2.24. The zero-order chi connectivity index (χ0) is 32.3. The topological polar surface area (TPSA) is 81.3 Å². The van der Waals surface area contributed by atoms with Crippen molar-refractivity contribution in [2.24, 2.45) is 0 Å². The minimum atomic E-state index is -1.21. The van der Waals surface area contributed by atoms with Crippen LogP contribution < -0.4 is 11.1 Å². The van der Waals surface area contributed by atoms with Gasteiger partial charge in [-0.3, -0.25) is 14.4 Å². The average molecular weight is 647 g/mol. The van der Waals surface area contributed by atoms with E-state index in [1.807, 2.05) is 0 Å². The molecule has 228 valence electrons. The number of carbonyl (C=O) groups is 1. The molecule has 2 aromatic heterocycles. The Kier molecular flexibility index (Phi) is 10.7. The number of aliphatic hydroxyl groups is 1. The van der Waals surface area contributed by atoms with Crippen molar-refractivity contribution >= 4 is 29.5 Å². The normalized spacial score (nSPS) is 11.6. The molecule has 1 atom stereocenters. The van der Waals surface area contributed by atoms with Crippen molar-refractivity contribution in [3.63, 3.8) is 0 Å². The Labute approximate surface area is 250 Å². The highest BCUT2D eigenvalue weighted by Crippen LogP contribution is 2.33. The Morgan fingerprint density at radius 3 is 1.47 bits per heavy atom. The fraction of sp³-hybridized carbons (Fsp3) is 0.207. The number of halogens is 8. The quantitative estimate of drug-likeness (QED) is 0.179. The van der Waals surface area contributed by atoms with Gasteiger partial charge in [-0.2, -0.15) is 0 Å². The second kappa shape index (κ2) is 13.6. The van der Waals surface area contributed by atoms with E-state index in [4.69, 9.17) is 23.2 Å². The number of hydrogen-bond acceptors (Lipinski definition) is 4. The molecule has 2 aromatic carbocycles. The summed E-state index contributed by atoms with van der Waals surface area (Å²) in [6, 6.07) is 4.18. The standard InChI is InChI=1S/C15H13ClF3NO2.C14H9ClF3NO2/c1-3-20-14(9(7(2)21)6-10(16)15(20)22)13-11(18)4-8(17)5-12(13)19;1-2-19-13(7(6-20)3-9(15)14(19)21)12-10(17)4-8(16)5-11(12)18/h4-7,21H,3H2,1-2H3;3-6H,2H2,1H3. The summed E-state index contributed by atoms with van der Waals surface area (Å²) in [5.41, 5.74) is -3.06. The third-order valence-corrected chi connectivity index (χ3v) is 6.79. The van der Waals surface area contributed by atoms with Crippen molar-refractivity contribution < 1.29 is 36.2 Å². The van der Waals surface area contributed by atoms with E-state index >= 15 is 0 Å². The third-order valence-electron chi connectivity index (χ3n) is 6.25. The van der Waals surface area contributed by atoms with Crippen molar-refractivity contribution in [2.45, 2.75) is 40.0 Å². The molecule has 0 radical (unpaired) electrons. The molecule has 0 saturated carbocycles. The van der Waals surface area contributed by atoms with Gasteiger partial charge in [0.1, 0.15) is 44.9 Å². The summed E-state index contributed by atoms with van der Waals surface area (Å²) in [6.07, 6.45) is -0.801. The molecule has 4 aromatic rings. The van der Waals surface area contributed by atoms with Gasteiger partial charge < -0.3 is 14.2 Å². The molecule has 0 aliphatic carbocycles. The van der Waals surface area contributed by atoms with Gasteiger partial charge in [-0.1, -0.05) is 23.2 Å². The van der Waals surface area contributed by atoms with Gasteiger partial charge in [0.2, 0.25) is 0 Å². The van der Waals surface area contributed by atoms with E-state index in [0.29, 0.717) is 30.6 Å². The highest BCUT2D eigenvalue weighted by atomic mass is 35.5. The molecule has 0 fully saturated rings. The summed E-state index contributed by atoms with van der Waals surface area (Å²) >= 11 is 11.5. The van der Waals surface area contributed by atoms with Crippen molar-refractivity contribution in [3.8, 4) is 22.5 Å². The summed E-state index contributed by atoms with van der Waals surface area (Å²) in [4.78, 5) is 35.2. The number of aliphatic hydroxyl groups excluding tert-OH is 1. The Morgan fingerprint density at radius 1 is 0.721 bits per heavy atom. The highest BCUT2D eigenvalue weighted by molar-refractivity contribution is 6.31. The zero-order valence-electron chi connectivity index (χ0n) is 22.6. The molecule has 0 aliphatic heterocycles. The molecule has 0 saturated heterocycles. The SMILES string of the molecule is CCn1c(-c2c(F)cc(F)cc2F)c(C(C)O)cc(Cl)c1=O.CCn1c(-c2c(F)cc(F)cc2F)c(C=O)cc(Cl)c1=O. The summed E-state index contributed by atoms with van der Waals surface area (Å²) in [5, 5.41) is 9.42. The molecule has 0 bridgehead atoms. The van der Waals surface area contributed by atoms with Crippen LogP contribution in [-0.2, 0) is 13.1 Å². The van der Waals surface area contributed by atoms with Crippen LogP contribution in [0.15, 0.2) is 46.0 Å². The highest BCUT2D eigenvalue weighted by Gasteiger charge is 2.24. The first-order valence-electron chi connectivity index (χ1n) is 12.5. The molecule has 1 N–H and O–H groups in total. The van der Waals surface area contributed by atoms with Gasteiger partial charge in [0, 0.05) is 48.5 Å². The molecule has 0 aliphatic rings. The zero-order valence-corrected chi connectivity index (χ0v) is 24.1. The predicted octanol–water partition coefficient (Wildman–Crippen LogP) is 7.08. The maximum atomic E-state index is 14.1. The van der Waals surface area contributed by atoms with Crippen molar-refractivity contribution in [1.29, 1.82) is 0 Å². The first-order valence-corrected chi connectivity index (χ1v) is 13.2. The van der Waals surface area contributed by atoms with E-state index in [0.717, 1.165) is 21.3 Å². The maximum absolute atomic E-state index is 14.1. The number of aldehydes is 1. The van der Waals surface area contributed by atoms with Crippen molar-refractivity contribution in [2.75, 3.05) is 0 Å². The van der Waals surface area contributed by atoms with Gasteiger partial charge in [-0.05, 0) is 32.9 Å².